The van der Waals surface area contributed by atoms with Gasteiger partial charge in [0.15, 0.2) is 0 Å². The van der Waals surface area contributed by atoms with Crippen LogP contribution in [0.15, 0.2) is 41.4 Å². The minimum Gasteiger partial charge on any atom is -0.495 e. The van der Waals surface area contributed by atoms with Crippen molar-refractivity contribution in [2.75, 3.05) is 45.4 Å². The van der Waals surface area contributed by atoms with Crippen LogP contribution in [0.3, 0.4) is 0 Å². The summed E-state index contributed by atoms with van der Waals surface area (Å²) in [5.74, 6) is 0.231. The van der Waals surface area contributed by atoms with Crippen LogP contribution in [-0.4, -0.2) is 63.7 Å². The van der Waals surface area contributed by atoms with Crippen LogP contribution < -0.4 is 9.64 Å². The molecule has 2 heterocycles. The molecule has 0 N–H and O–H groups in total. The van der Waals surface area contributed by atoms with Gasteiger partial charge < -0.3 is 18.9 Å². The maximum absolute atomic E-state index is 13.0. The molecule has 0 atom stereocenters. The number of hydrogen-bond donors (Lipinski definition) is 0. The van der Waals surface area contributed by atoms with Crippen molar-refractivity contribution >= 4 is 21.6 Å². The van der Waals surface area contributed by atoms with E-state index < -0.39 is 10.0 Å². The number of amides is 1. The molecule has 9 heteroatoms. The first-order valence-electron chi connectivity index (χ1n) is 8.51. The lowest BCUT2D eigenvalue weighted by Crippen LogP contribution is -2.40. The third kappa shape index (κ3) is 3.71. The van der Waals surface area contributed by atoms with Crippen molar-refractivity contribution in [1.82, 2.24) is 8.87 Å². The highest BCUT2D eigenvalue weighted by Gasteiger charge is 2.29. The van der Waals surface area contributed by atoms with E-state index in [0.29, 0.717) is 37.7 Å². The van der Waals surface area contributed by atoms with Crippen molar-refractivity contribution in [2.24, 2.45) is 7.05 Å². The topological polar surface area (TPSA) is 81.1 Å². The van der Waals surface area contributed by atoms with Crippen molar-refractivity contribution in [1.29, 1.82) is 0 Å². The van der Waals surface area contributed by atoms with E-state index in [2.05, 4.69) is 0 Å². The Bertz CT molecular complexity index is 932. The minimum atomic E-state index is -3.66. The zero-order valence-corrected chi connectivity index (χ0v) is 16.4. The normalized spacial score (nSPS) is 15.5. The van der Waals surface area contributed by atoms with E-state index in [0.717, 1.165) is 0 Å². The summed E-state index contributed by atoms with van der Waals surface area (Å²) in [5, 5.41) is 0. The van der Waals surface area contributed by atoms with Crippen LogP contribution in [-0.2, 0) is 21.8 Å². The van der Waals surface area contributed by atoms with E-state index in [1.807, 2.05) is 6.07 Å². The number of nitrogens with zero attached hydrogens (tertiary/aromatic N) is 3. The van der Waals surface area contributed by atoms with Gasteiger partial charge in [-0.2, -0.15) is 4.31 Å². The Kier molecular flexibility index (Phi) is 5.54. The molecule has 0 saturated carbocycles. The first kappa shape index (κ1) is 19.4. The summed E-state index contributed by atoms with van der Waals surface area (Å²) in [4.78, 5) is 14.5. The molecule has 1 amide bonds. The van der Waals surface area contributed by atoms with Crippen LogP contribution >= 0.6 is 0 Å². The van der Waals surface area contributed by atoms with Crippen LogP contribution in [0.2, 0.25) is 0 Å². The Hall–Kier alpha value is -2.36. The van der Waals surface area contributed by atoms with Crippen LogP contribution in [0, 0.1) is 0 Å². The molecular formula is C18H23N3O5S. The van der Waals surface area contributed by atoms with Crippen molar-refractivity contribution in [3.8, 4) is 5.75 Å². The number of morpholine rings is 1. The van der Waals surface area contributed by atoms with Crippen molar-refractivity contribution in [3.63, 3.8) is 0 Å². The molecule has 146 valence electrons. The highest BCUT2D eigenvalue weighted by atomic mass is 32.2. The van der Waals surface area contributed by atoms with E-state index in [4.69, 9.17) is 9.47 Å². The number of aromatic nitrogens is 1. The van der Waals surface area contributed by atoms with Gasteiger partial charge in [0, 0.05) is 33.4 Å². The van der Waals surface area contributed by atoms with Gasteiger partial charge in [0.05, 0.1) is 26.0 Å². The quantitative estimate of drug-likeness (QED) is 0.766. The van der Waals surface area contributed by atoms with Gasteiger partial charge in [-0.3, -0.25) is 4.79 Å². The molecular weight excluding hydrogens is 370 g/mol. The van der Waals surface area contributed by atoms with Crippen molar-refractivity contribution < 1.29 is 22.7 Å². The number of methoxy groups -OCH3 is 1. The second-order valence-corrected chi connectivity index (χ2v) is 8.16. The van der Waals surface area contributed by atoms with Crippen LogP contribution in [0.4, 0.5) is 5.69 Å². The lowest BCUT2D eigenvalue weighted by molar-refractivity contribution is 0.0730. The van der Waals surface area contributed by atoms with Crippen molar-refractivity contribution in [3.05, 3.63) is 42.2 Å². The number of anilines is 1. The van der Waals surface area contributed by atoms with E-state index >= 15 is 0 Å². The summed E-state index contributed by atoms with van der Waals surface area (Å²) in [6.45, 7) is 1.35. The summed E-state index contributed by atoms with van der Waals surface area (Å²) >= 11 is 0. The van der Waals surface area contributed by atoms with Gasteiger partial charge in [0.2, 0.25) is 10.0 Å². The Labute approximate surface area is 158 Å². The number of ether oxygens (including phenoxy) is 2. The Morgan fingerprint density at radius 2 is 1.89 bits per heavy atom. The van der Waals surface area contributed by atoms with Gasteiger partial charge in [0.1, 0.15) is 16.3 Å². The molecule has 0 unspecified atom stereocenters. The summed E-state index contributed by atoms with van der Waals surface area (Å²) in [6.07, 6.45) is 1.47. The lowest BCUT2D eigenvalue weighted by Gasteiger charge is -2.25. The molecule has 0 bridgehead atoms. The second kappa shape index (κ2) is 7.71. The van der Waals surface area contributed by atoms with Gasteiger partial charge >= 0.3 is 0 Å². The van der Waals surface area contributed by atoms with Gasteiger partial charge in [-0.05, 0) is 18.2 Å². The molecule has 1 aliphatic heterocycles. The molecule has 2 aromatic rings. The molecule has 0 spiro atoms. The predicted octanol–water partition coefficient (Wildman–Crippen LogP) is 1.33. The fourth-order valence-corrected chi connectivity index (χ4v) is 4.49. The number of para-hydroxylation sites is 2. The summed E-state index contributed by atoms with van der Waals surface area (Å²) in [7, 11) is 1.15. The third-order valence-corrected chi connectivity index (χ3v) is 6.42. The molecule has 0 aliphatic carbocycles. The van der Waals surface area contributed by atoms with Gasteiger partial charge in [0.25, 0.3) is 5.91 Å². The Morgan fingerprint density at radius 3 is 2.56 bits per heavy atom. The molecule has 0 radical (unpaired) electrons. The fourth-order valence-electron chi connectivity index (χ4n) is 3.01. The SMILES string of the molecule is COc1ccccc1N(C)C(=O)c1cc(S(=O)(=O)N2CCOCC2)cn1C. The lowest BCUT2D eigenvalue weighted by atomic mass is 10.2. The molecule has 3 rings (SSSR count). The molecule has 1 aromatic heterocycles. The van der Waals surface area contributed by atoms with Crippen LogP contribution in [0.1, 0.15) is 10.5 Å². The average Bonchev–Trinajstić information content (AvgIpc) is 3.10. The number of carbonyl (C=O) groups is 1. The zero-order valence-electron chi connectivity index (χ0n) is 15.6. The molecule has 1 saturated heterocycles. The molecule has 1 aliphatic rings. The largest absolute Gasteiger partial charge is 0.495 e. The number of hydrogen-bond acceptors (Lipinski definition) is 5. The summed E-state index contributed by atoms with van der Waals surface area (Å²) < 4.78 is 39.1. The van der Waals surface area contributed by atoms with Gasteiger partial charge in [-0.25, -0.2) is 8.42 Å². The van der Waals surface area contributed by atoms with Gasteiger partial charge in [-0.15, -0.1) is 0 Å². The zero-order chi connectivity index (χ0) is 19.6. The Balaban J connectivity index is 1.90. The second-order valence-electron chi connectivity index (χ2n) is 6.22. The maximum atomic E-state index is 13.0. The first-order valence-corrected chi connectivity index (χ1v) is 9.95. The summed E-state index contributed by atoms with van der Waals surface area (Å²) in [5.41, 5.74) is 0.874. The maximum Gasteiger partial charge on any atom is 0.274 e. The highest BCUT2D eigenvalue weighted by Crippen LogP contribution is 2.28. The number of rotatable bonds is 5. The van der Waals surface area contributed by atoms with Crippen LogP contribution in [0.25, 0.3) is 0 Å². The molecule has 8 nitrogen and oxygen atoms in total. The standard InChI is InChI=1S/C18H23N3O5S/c1-19-13-14(27(23,24)21-8-10-26-11-9-21)12-16(19)18(22)20(2)15-6-4-5-7-17(15)25-3/h4-7,12-13H,8-11H2,1-3H3. The molecule has 1 fully saturated rings. The molecule has 1 aromatic carbocycles. The first-order chi connectivity index (χ1) is 12.9. The smallest absolute Gasteiger partial charge is 0.274 e. The van der Waals surface area contributed by atoms with E-state index in [-0.39, 0.29) is 16.5 Å². The van der Waals surface area contributed by atoms with Crippen molar-refractivity contribution in [2.45, 2.75) is 4.90 Å². The van der Waals surface area contributed by atoms with Gasteiger partial charge in [-0.1, -0.05) is 12.1 Å². The number of benzene rings is 1. The number of sulfonamides is 1. The molecule has 27 heavy (non-hydrogen) atoms. The summed E-state index contributed by atoms with van der Waals surface area (Å²) in [6, 6.07) is 8.57. The Morgan fingerprint density at radius 1 is 1.22 bits per heavy atom. The number of carbonyl (C=O) groups excluding carboxylic acids is 1. The third-order valence-electron chi connectivity index (χ3n) is 4.56. The average molecular weight is 393 g/mol. The van der Waals surface area contributed by atoms with E-state index in [9.17, 15) is 13.2 Å². The predicted molar refractivity (Wildman–Crippen MR) is 101 cm³/mol. The fraction of sp³-hybridized carbons (Fsp3) is 0.389. The van der Waals surface area contributed by atoms with Crippen LogP contribution in [0.5, 0.6) is 5.75 Å². The monoisotopic (exact) mass is 393 g/mol. The number of aryl methyl sites for hydroxylation is 1. The van der Waals surface area contributed by atoms with E-state index in [1.165, 1.54) is 33.1 Å². The minimum absolute atomic E-state index is 0.101. The highest BCUT2D eigenvalue weighted by molar-refractivity contribution is 7.89. The van der Waals surface area contributed by atoms with E-state index in [1.54, 1.807) is 32.3 Å².